The zero-order valence-electron chi connectivity index (χ0n) is 16.5. The van der Waals surface area contributed by atoms with Crippen molar-refractivity contribution in [2.75, 3.05) is 26.8 Å². The van der Waals surface area contributed by atoms with Crippen molar-refractivity contribution in [1.82, 2.24) is 9.88 Å². The third-order valence-corrected chi connectivity index (χ3v) is 7.25. The van der Waals surface area contributed by atoms with Crippen LogP contribution < -0.4 is 0 Å². The molecular weight excluding hydrogens is 356 g/mol. The summed E-state index contributed by atoms with van der Waals surface area (Å²) in [7, 11) is 1.43. The summed E-state index contributed by atoms with van der Waals surface area (Å²) in [6, 6.07) is 8.81. The van der Waals surface area contributed by atoms with Crippen LogP contribution in [0.2, 0.25) is 0 Å². The summed E-state index contributed by atoms with van der Waals surface area (Å²) in [5.74, 6) is -1.05. The molecule has 5 rings (SSSR count). The van der Waals surface area contributed by atoms with Crippen LogP contribution in [0.4, 0.5) is 0 Å². The Morgan fingerprint density at radius 2 is 2.25 bits per heavy atom. The van der Waals surface area contributed by atoms with E-state index in [4.69, 9.17) is 9.47 Å². The highest BCUT2D eigenvalue weighted by Gasteiger charge is 2.52. The normalized spacial score (nSPS) is 35.1. The van der Waals surface area contributed by atoms with Gasteiger partial charge in [0.25, 0.3) is 0 Å². The Morgan fingerprint density at radius 1 is 1.43 bits per heavy atom. The van der Waals surface area contributed by atoms with Gasteiger partial charge in [-0.25, -0.2) is 0 Å². The molecule has 0 spiro atoms. The minimum atomic E-state index is -1.15. The quantitative estimate of drug-likeness (QED) is 0.779. The summed E-state index contributed by atoms with van der Waals surface area (Å²) >= 11 is 0. The number of H-pyrrole nitrogens is 1. The van der Waals surface area contributed by atoms with Crippen LogP contribution in [0.5, 0.6) is 0 Å². The van der Waals surface area contributed by atoms with E-state index in [1.54, 1.807) is 6.92 Å². The van der Waals surface area contributed by atoms with Crippen LogP contribution in [-0.2, 0) is 20.7 Å². The molecule has 2 N–H and O–H groups in total. The number of rotatable bonds is 2. The predicted molar refractivity (Wildman–Crippen MR) is 105 cm³/mol. The van der Waals surface area contributed by atoms with Gasteiger partial charge in [-0.1, -0.05) is 18.2 Å². The van der Waals surface area contributed by atoms with Crippen LogP contribution in [0.25, 0.3) is 10.9 Å². The number of piperidine rings is 1. The van der Waals surface area contributed by atoms with Gasteiger partial charge in [-0.15, -0.1) is 0 Å². The number of benzene rings is 1. The summed E-state index contributed by atoms with van der Waals surface area (Å²) < 4.78 is 10.7. The Morgan fingerprint density at radius 3 is 3.07 bits per heavy atom. The molecule has 3 aliphatic rings. The third-order valence-electron chi connectivity index (χ3n) is 7.25. The average molecular weight is 384 g/mol. The van der Waals surface area contributed by atoms with Gasteiger partial charge in [-0.3, -0.25) is 9.69 Å². The Bertz CT molecular complexity index is 905. The number of aromatic amines is 1. The van der Waals surface area contributed by atoms with Crippen molar-refractivity contribution in [3.63, 3.8) is 0 Å². The molecule has 6 nitrogen and oxygen atoms in total. The third kappa shape index (κ3) is 2.78. The molecule has 4 heterocycles. The number of hydrogen-bond acceptors (Lipinski definition) is 5. The summed E-state index contributed by atoms with van der Waals surface area (Å²) in [5, 5.41) is 12.2. The van der Waals surface area contributed by atoms with Gasteiger partial charge in [-0.2, -0.15) is 0 Å². The van der Waals surface area contributed by atoms with Gasteiger partial charge in [0.1, 0.15) is 0 Å². The second-order valence-corrected chi connectivity index (χ2v) is 8.74. The first-order valence-electron chi connectivity index (χ1n) is 10.2. The number of carbonyl (C=O) groups excluding carboxylic acids is 1. The molecule has 150 valence electrons. The minimum absolute atomic E-state index is 0.00177. The van der Waals surface area contributed by atoms with Crippen molar-refractivity contribution in [1.29, 1.82) is 0 Å². The van der Waals surface area contributed by atoms with Crippen LogP contribution in [-0.4, -0.2) is 53.6 Å². The van der Waals surface area contributed by atoms with E-state index in [0.717, 1.165) is 25.9 Å². The van der Waals surface area contributed by atoms with Gasteiger partial charge in [0.05, 0.1) is 26.2 Å². The number of para-hydroxylation sites is 1. The molecule has 0 bridgehead atoms. The number of esters is 1. The van der Waals surface area contributed by atoms with Crippen LogP contribution in [0.3, 0.4) is 0 Å². The van der Waals surface area contributed by atoms with Gasteiger partial charge < -0.3 is 19.6 Å². The van der Waals surface area contributed by atoms with Crippen LogP contribution >= 0.6 is 0 Å². The Hall–Kier alpha value is -1.89. The lowest BCUT2D eigenvalue weighted by Gasteiger charge is -2.54. The molecule has 0 amide bonds. The van der Waals surface area contributed by atoms with E-state index in [1.165, 1.54) is 29.3 Å². The highest BCUT2D eigenvalue weighted by molar-refractivity contribution is 5.85. The number of ether oxygens (including phenoxy) is 2. The van der Waals surface area contributed by atoms with E-state index >= 15 is 0 Å². The fraction of sp³-hybridized carbons (Fsp3) is 0.591. The van der Waals surface area contributed by atoms with Gasteiger partial charge in [-0.05, 0) is 43.2 Å². The number of hydrogen-bond donors (Lipinski definition) is 2. The fourth-order valence-corrected chi connectivity index (χ4v) is 5.77. The summed E-state index contributed by atoms with van der Waals surface area (Å²) in [4.78, 5) is 18.1. The van der Waals surface area contributed by atoms with E-state index in [1.807, 2.05) is 0 Å². The molecule has 0 saturated carbocycles. The fourth-order valence-electron chi connectivity index (χ4n) is 5.77. The van der Waals surface area contributed by atoms with E-state index in [2.05, 4.69) is 34.1 Å². The number of aromatic nitrogens is 1. The van der Waals surface area contributed by atoms with Crippen molar-refractivity contribution < 1.29 is 19.4 Å². The molecule has 2 saturated heterocycles. The highest BCUT2D eigenvalue weighted by Crippen LogP contribution is 2.50. The molecule has 5 unspecified atom stereocenters. The van der Waals surface area contributed by atoms with E-state index in [0.29, 0.717) is 19.1 Å². The molecule has 2 aromatic rings. The van der Waals surface area contributed by atoms with E-state index in [-0.39, 0.29) is 23.7 Å². The Balaban J connectivity index is 1.50. The van der Waals surface area contributed by atoms with Crippen molar-refractivity contribution in [3.8, 4) is 0 Å². The topological polar surface area (TPSA) is 74.8 Å². The highest BCUT2D eigenvalue weighted by atomic mass is 16.6. The SMILES string of the molecule is COC(=O)CC1COC(C)(O)C2CN3CCc4c([nH]c5ccccc45)C3CC12. The summed E-state index contributed by atoms with van der Waals surface area (Å²) in [5.41, 5.74) is 3.94. The predicted octanol–water partition coefficient (Wildman–Crippen LogP) is 2.62. The lowest BCUT2D eigenvalue weighted by Crippen LogP contribution is -2.59. The molecule has 6 heteroatoms. The second-order valence-electron chi connectivity index (χ2n) is 8.74. The maximum absolute atomic E-state index is 12.0. The smallest absolute Gasteiger partial charge is 0.305 e. The number of fused-ring (bicyclic) bond motifs is 6. The molecule has 1 aromatic heterocycles. The molecular formula is C22H28N2O4. The monoisotopic (exact) mass is 384 g/mol. The van der Waals surface area contributed by atoms with Gasteiger partial charge >= 0.3 is 5.97 Å². The lowest BCUT2D eigenvalue weighted by atomic mass is 9.67. The Kier molecular flexibility index (Phi) is 4.27. The second kappa shape index (κ2) is 6.58. The molecule has 0 aliphatic carbocycles. The van der Waals surface area contributed by atoms with Gasteiger partial charge in [0, 0.05) is 35.6 Å². The molecule has 3 aliphatic heterocycles. The summed E-state index contributed by atoms with van der Waals surface area (Å²) in [6.45, 7) is 3.95. The summed E-state index contributed by atoms with van der Waals surface area (Å²) in [6.07, 6.45) is 2.29. The molecule has 28 heavy (non-hydrogen) atoms. The van der Waals surface area contributed by atoms with Crippen LogP contribution in [0.15, 0.2) is 24.3 Å². The van der Waals surface area contributed by atoms with Crippen LogP contribution in [0.1, 0.15) is 37.1 Å². The number of nitrogens with one attached hydrogen (secondary N) is 1. The van der Waals surface area contributed by atoms with Crippen molar-refractivity contribution in [3.05, 3.63) is 35.5 Å². The molecule has 5 atom stereocenters. The van der Waals surface area contributed by atoms with E-state index in [9.17, 15) is 9.90 Å². The number of aliphatic hydroxyl groups is 1. The first-order valence-corrected chi connectivity index (χ1v) is 10.2. The maximum Gasteiger partial charge on any atom is 0.305 e. The maximum atomic E-state index is 12.0. The minimum Gasteiger partial charge on any atom is -0.469 e. The largest absolute Gasteiger partial charge is 0.469 e. The first-order chi connectivity index (χ1) is 13.5. The molecule has 1 aromatic carbocycles. The first kappa shape index (κ1) is 18.2. The zero-order valence-corrected chi connectivity index (χ0v) is 16.5. The Labute approximate surface area is 164 Å². The van der Waals surface area contributed by atoms with Crippen LogP contribution in [0, 0.1) is 17.8 Å². The molecule has 2 fully saturated rings. The van der Waals surface area contributed by atoms with Crippen molar-refractivity contribution in [2.45, 2.75) is 38.0 Å². The van der Waals surface area contributed by atoms with Crippen molar-refractivity contribution >= 4 is 16.9 Å². The van der Waals surface area contributed by atoms with Crippen molar-refractivity contribution in [2.24, 2.45) is 17.8 Å². The molecule has 0 radical (unpaired) electrons. The standard InChI is InChI=1S/C22H28N2O4/c1-22(26)17-11-24-8-7-15-14-5-3-4-6-18(14)23-21(15)19(24)10-16(17)13(12-28-22)9-20(25)27-2/h3-6,13,16-17,19,23,26H,7-12H2,1-2H3. The van der Waals surface area contributed by atoms with Gasteiger partial charge in [0.2, 0.25) is 0 Å². The number of methoxy groups -OCH3 is 1. The van der Waals surface area contributed by atoms with Gasteiger partial charge in [0.15, 0.2) is 5.79 Å². The lowest BCUT2D eigenvalue weighted by molar-refractivity contribution is -0.288. The average Bonchev–Trinajstić information content (AvgIpc) is 3.08. The zero-order chi connectivity index (χ0) is 19.5. The number of nitrogens with zero attached hydrogens (tertiary/aromatic N) is 1. The number of carbonyl (C=O) groups is 1. The van der Waals surface area contributed by atoms with E-state index < -0.39 is 5.79 Å².